The molecule has 0 radical (unpaired) electrons. The number of benzene rings is 2. The lowest BCUT2D eigenvalue weighted by Crippen LogP contribution is -2.22. The smallest absolute Gasteiger partial charge is 0.235 e. The van der Waals surface area contributed by atoms with Crippen LogP contribution >= 0.6 is 22.9 Å². The van der Waals surface area contributed by atoms with E-state index in [1.165, 1.54) is 11.3 Å². The minimum atomic E-state index is -0.412. The molecule has 0 spiro atoms. The fourth-order valence-electron chi connectivity index (χ4n) is 3.32. The van der Waals surface area contributed by atoms with E-state index in [-0.39, 0.29) is 0 Å². The molecule has 0 aliphatic rings. The van der Waals surface area contributed by atoms with Crippen molar-refractivity contribution in [3.05, 3.63) is 52.8 Å². The quantitative estimate of drug-likeness (QED) is 0.423. The molecular formula is C21H21ClN4O3S. The van der Waals surface area contributed by atoms with Crippen molar-refractivity contribution in [2.45, 2.75) is 19.3 Å². The lowest BCUT2D eigenvalue weighted by atomic mass is 9.84. The van der Waals surface area contributed by atoms with Gasteiger partial charge in [-0.25, -0.2) is 0 Å². The first-order valence-electron chi connectivity index (χ1n) is 9.18. The number of halogens is 1. The van der Waals surface area contributed by atoms with Gasteiger partial charge < -0.3 is 14.2 Å². The first-order valence-corrected chi connectivity index (χ1v) is 10.4. The van der Waals surface area contributed by atoms with Crippen LogP contribution in [0.5, 0.6) is 17.2 Å². The van der Waals surface area contributed by atoms with Crippen molar-refractivity contribution in [3.63, 3.8) is 0 Å². The second kappa shape index (κ2) is 7.77. The highest BCUT2D eigenvalue weighted by molar-refractivity contribution is 7.19. The summed E-state index contributed by atoms with van der Waals surface area (Å²) in [5.41, 5.74) is 1.50. The number of hydrogen-bond donors (Lipinski definition) is 0. The topological polar surface area (TPSA) is 70.8 Å². The van der Waals surface area contributed by atoms with Crippen molar-refractivity contribution < 1.29 is 14.2 Å². The van der Waals surface area contributed by atoms with Crippen LogP contribution in [0.1, 0.15) is 25.2 Å². The Kier molecular flexibility index (Phi) is 5.29. The maximum absolute atomic E-state index is 6.05. The molecule has 0 amide bonds. The number of fused-ring (bicyclic) bond motifs is 1. The van der Waals surface area contributed by atoms with Crippen LogP contribution in [0.2, 0.25) is 5.02 Å². The van der Waals surface area contributed by atoms with E-state index >= 15 is 0 Å². The Morgan fingerprint density at radius 3 is 2.13 bits per heavy atom. The summed E-state index contributed by atoms with van der Waals surface area (Å²) in [5, 5.41) is 15.0. The molecule has 4 rings (SSSR count). The zero-order chi connectivity index (χ0) is 21.5. The normalized spacial score (nSPS) is 11.7. The third kappa shape index (κ3) is 3.36. The van der Waals surface area contributed by atoms with Gasteiger partial charge in [-0.1, -0.05) is 35.1 Å². The molecule has 2 heterocycles. The molecule has 0 N–H and O–H groups in total. The van der Waals surface area contributed by atoms with Crippen molar-refractivity contribution in [3.8, 4) is 27.8 Å². The first-order chi connectivity index (χ1) is 14.4. The van der Waals surface area contributed by atoms with Gasteiger partial charge in [0, 0.05) is 10.6 Å². The summed E-state index contributed by atoms with van der Waals surface area (Å²) in [5.74, 6) is 2.42. The van der Waals surface area contributed by atoms with Crippen LogP contribution in [0.4, 0.5) is 0 Å². The largest absolute Gasteiger partial charge is 0.493 e. The van der Waals surface area contributed by atoms with E-state index in [1.54, 1.807) is 25.8 Å². The second-order valence-corrected chi connectivity index (χ2v) is 8.56. The number of ether oxygens (including phenoxy) is 3. The highest BCUT2D eigenvalue weighted by Crippen LogP contribution is 2.42. The molecule has 30 heavy (non-hydrogen) atoms. The van der Waals surface area contributed by atoms with Crippen molar-refractivity contribution in [1.29, 1.82) is 0 Å². The molecule has 0 aliphatic heterocycles. The van der Waals surface area contributed by atoms with Crippen LogP contribution in [0, 0.1) is 0 Å². The van der Waals surface area contributed by atoms with Crippen LogP contribution in [0.15, 0.2) is 36.4 Å². The third-order valence-electron chi connectivity index (χ3n) is 5.03. The summed E-state index contributed by atoms with van der Waals surface area (Å²) in [6.45, 7) is 4.18. The van der Waals surface area contributed by atoms with E-state index < -0.39 is 5.41 Å². The van der Waals surface area contributed by atoms with Gasteiger partial charge in [-0.2, -0.15) is 9.61 Å². The number of hydrogen-bond acceptors (Lipinski definition) is 7. The lowest BCUT2D eigenvalue weighted by molar-refractivity contribution is 0.324. The van der Waals surface area contributed by atoms with Crippen molar-refractivity contribution in [1.82, 2.24) is 19.8 Å². The Morgan fingerprint density at radius 1 is 0.933 bits per heavy atom. The molecular weight excluding hydrogens is 424 g/mol. The minimum absolute atomic E-state index is 0.412. The van der Waals surface area contributed by atoms with Crippen molar-refractivity contribution >= 4 is 27.9 Å². The van der Waals surface area contributed by atoms with E-state index in [0.717, 1.165) is 22.0 Å². The molecule has 0 saturated heterocycles. The summed E-state index contributed by atoms with van der Waals surface area (Å²) in [6.07, 6.45) is 0. The lowest BCUT2D eigenvalue weighted by Gasteiger charge is -2.22. The van der Waals surface area contributed by atoms with Crippen molar-refractivity contribution in [2.75, 3.05) is 21.3 Å². The maximum Gasteiger partial charge on any atom is 0.235 e. The van der Waals surface area contributed by atoms with E-state index in [1.807, 2.05) is 36.4 Å². The molecule has 2 aromatic carbocycles. The van der Waals surface area contributed by atoms with Gasteiger partial charge in [-0.05, 0) is 43.7 Å². The van der Waals surface area contributed by atoms with Gasteiger partial charge in [0.2, 0.25) is 10.7 Å². The number of nitrogens with zero attached hydrogens (tertiary/aromatic N) is 4. The predicted octanol–water partition coefficient (Wildman–Crippen LogP) is 4.86. The van der Waals surface area contributed by atoms with Gasteiger partial charge >= 0.3 is 0 Å². The highest BCUT2D eigenvalue weighted by Gasteiger charge is 2.30. The molecule has 4 aromatic rings. The fraction of sp³-hybridized carbons (Fsp3) is 0.286. The SMILES string of the molecule is COc1cc(-c2nn3c(C(C)(C)c4ccc(Cl)cc4)nnc3s2)cc(OC)c1OC. The van der Waals surface area contributed by atoms with Crippen LogP contribution in [-0.4, -0.2) is 41.1 Å². The van der Waals surface area contributed by atoms with E-state index in [9.17, 15) is 0 Å². The summed E-state index contributed by atoms with van der Waals surface area (Å²) >= 11 is 7.49. The van der Waals surface area contributed by atoms with Crippen LogP contribution in [0.25, 0.3) is 15.5 Å². The van der Waals surface area contributed by atoms with E-state index in [0.29, 0.717) is 27.2 Å². The van der Waals surface area contributed by atoms with E-state index in [4.69, 9.17) is 30.9 Å². The standard InChI is InChI=1S/C21H21ClN4O3S/c1-21(2,13-6-8-14(22)9-7-13)19-23-24-20-26(19)25-18(30-20)12-10-15(27-3)17(29-5)16(11-12)28-4/h6-11H,1-5H3. The molecule has 0 unspecified atom stereocenters. The summed E-state index contributed by atoms with van der Waals surface area (Å²) in [7, 11) is 4.76. The van der Waals surface area contributed by atoms with Gasteiger partial charge in [-0.15, -0.1) is 10.2 Å². The Labute approximate surface area is 183 Å². The summed E-state index contributed by atoms with van der Waals surface area (Å²) < 4.78 is 18.1. The fourth-order valence-corrected chi connectivity index (χ4v) is 4.28. The predicted molar refractivity (Wildman–Crippen MR) is 117 cm³/mol. The molecule has 0 aliphatic carbocycles. The molecule has 0 bridgehead atoms. The van der Waals surface area contributed by atoms with Gasteiger partial charge in [0.05, 0.1) is 26.7 Å². The Balaban J connectivity index is 1.81. The zero-order valence-corrected chi connectivity index (χ0v) is 18.8. The monoisotopic (exact) mass is 444 g/mol. The molecule has 156 valence electrons. The molecule has 0 atom stereocenters. The molecule has 0 saturated carbocycles. The van der Waals surface area contributed by atoms with Gasteiger partial charge in [0.1, 0.15) is 5.01 Å². The maximum atomic E-state index is 6.05. The average molecular weight is 445 g/mol. The number of methoxy groups -OCH3 is 3. The van der Waals surface area contributed by atoms with Gasteiger partial charge in [-0.3, -0.25) is 0 Å². The summed E-state index contributed by atoms with van der Waals surface area (Å²) in [6, 6.07) is 11.5. The molecule has 7 nitrogen and oxygen atoms in total. The Hall–Kier alpha value is -2.84. The number of rotatable bonds is 6. The molecule has 0 fully saturated rings. The van der Waals surface area contributed by atoms with Crippen LogP contribution in [-0.2, 0) is 5.41 Å². The second-order valence-electron chi connectivity index (χ2n) is 7.17. The van der Waals surface area contributed by atoms with Gasteiger partial charge in [0.15, 0.2) is 17.3 Å². The summed E-state index contributed by atoms with van der Waals surface area (Å²) in [4.78, 5) is 0.704. The minimum Gasteiger partial charge on any atom is -0.493 e. The number of aromatic nitrogens is 4. The van der Waals surface area contributed by atoms with Crippen LogP contribution < -0.4 is 14.2 Å². The van der Waals surface area contributed by atoms with Crippen LogP contribution in [0.3, 0.4) is 0 Å². The first kappa shape index (κ1) is 20.4. The highest BCUT2D eigenvalue weighted by atomic mass is 35.5. The van der Waals surface area contributed by atoms with Gasteiger partial charge in [0.25, 0.3) is 0 Å². The Morgan fingerprint density at radius 2 is 1.57 bits per heavy atom. The average Bonchev–Trinajstić information content (AvgIpc) is 3.34. The third-order valence-corrected chi connectivity index (χ3v) is 6.23. The van der Waals surface area contributed by atoms with Crippen molar-refractivity contribution in [2.24, 2.45) is 0 Å². The Bertz CT molecular complexity index is 1180. The molecule has 9 heteroatoms. The molecule has 2 aromatic heterocycles. The van der Waals surface area contributed by atoms with E-state index in [2.05, 4.69) is 24.0 Å². The zero-order valence-electron chi connectivity index (χ0n) is 17.3.